The van der Waals surface area contributed by atoms with Crippen LogP contribution in [0.3, 0.4) is 0 Å². The second kappa shape index (κ2) is 3.76. The van der Waals surface area contributed by atoms with E-state index in [1.165, 1.54) is 17.0 Å². The molecule has 0 N–H and O–H groups in total. The third-order valence-corrected chi connectivity index (χ3v) is 2.25. The maximum Gasteiger partial charge on any atom is 0.252 e. The summed E-state index contributed by atoms with van der Waals surface area (Å²) in [5.74, 6) is 0. The van der Waals surface area contributed by atoms with Crippen LogP contribution in [0.4, 0.5) is 4.39 Å². The highest BCUT2D eigenvalue weighted by molar-refractivity contribution is 5.73. The van der Waals surface area contributed by atoms with E-state index in [1.807, 2.05) is 0 Å². The van der Waals surface area contributed by atoms with Crippen molar-refractivity contribution in [1.29, 1.82) is 0 Å². The van der Waals surface area contributed by atoms with Gasteiger partial charge in [-0.3, -0.25) is 9.36 Å². The molecule has 0 aliphatic rings. The average molecular weight is 207 g/mol. The molecule has 2 aromatic heterocycles. The molecule has 0 aliphatic carbocycles. The summed E-state index contributed by atoms with van der Waals surface area (Å²) in [5.41, 5.74) is 0.231. The van der Waals surface area contributed by atoms with Gasteiger partial charge in [0.05, 0.1) is 6.04 Å². The van der Waals surface area contributed by atoms with Gasteiger partial charge in [0.1, 0.15) is 18.6 Å². The Labute approximate surface area is 85.4 Å². The summed E-state index contributed by atoms with van der Waals surface area (Å²) in [6.07, 6.45) is 2.95. The fourth-order valence-corrected chi connectivity index (χ4v) is 1.49. The first-order valence-corrected chi connectivity index (χ1v) is 4.61. The SMILES string of the molecule is C[C@@H](CF)n1c(=O)ccc2cncnc21. The molecule has 0 spiro atoms. The standard InChI is InChI=1S/C10H10FN3O/c1-7(4-11)14-9(15)3-2-8-5-12-6-13-10(8)14/h2-3,5-7H,4H2,1H3/t7-/m0/s1. The smallest absolute Gasteiger partial charge is 0.252 e. The molecular weight excluding hydrogens is 197 g/mol. The Morgan fingerprint density at radius 2 is 2.33 bits per heavy atom. The summed E-state index contributed by atoms with van der Waals surface area (Å²) in [6.45, 7) is 1.05. The number of nitrogens with zero attached hydrogens (tertiary/aromatic N) is 3. The molecule has 4 nitrogen and oxygen atoms in total. The minimum Gasteiger partial charge on any atom is -0.287 e. The molecule has 0 aromatic carbocycles. The van der Waals surface area contributed by atoms with Crippen molar-refractivity contribution in [3.8, 4) is 0 Å². The van der Waals surface area contributed by atoms with E-state index in [2.05, 4.69) is 9.97 Å². The number of hydrogen-bond acceptors (Lipinski definition) is 3. The van der Waals surface area contributed by atoms with Crippen LogP contribution in [0.1, 0.15) is 13.0 Å². The molecule has 5 heteroatoms. The van der Waals surface area contributed by atoms with Crippen molar-refractivity contribution < 1.29 is 4.39 Å². The number of halogens is 1. The van der Waals surface area contributed by atoms with E-state index in [0.29, 0.717) is 5.65 Å². The highest BCUT2D eigenvalue weighted by Crippen LogP contribution is 2.12. The number of rotatable bonds is 2. The molecule has 2 aromatic rings. The zero-order valence-corrected chi connectivity index (χ0v) is 8.22. The number of fused-ring (bicyclic) bond motifs is 1. The van der Waals surface area contributed by atoms with Crippen molar-refractivity contribution in [1.82, 2.24) is 14.5 Å². The van der Waals surface area contributed by atoms with Crippen molar-refractivity contribution in [2.75, 3.05) is 6.67 Å². The normalized spacial score (nSPS) is 12.9. The number of hydrogen-bond donors (Lipinski definition) is 0. The van der Waals surface area contributed by atoms with E-state index in [9.17, 15) is 9.18 Å². The molecule has 0 amide bonds. The van der Waals surface area contributed by atoms with E-state index < -0.39 is 12.7 Å². The maximum absolute atomic E-state index is 12.6. The van der Waals surface area contributed by atoms with Gasteiger partial charge in [0.15, 0.2) is 0 Å². The minimum absolute atomic E-state index is 0.244. The van der Waals surface area contributed by atoms with E-state index in [1.54, 1.807) is 19.2 Å². The van der Waals surface area contributed by atoms with Crippen molar-refractivity contribution in [2.45, 2.75) is 13.0 Å². The topological polar surface area (TPSA) is 47.8 Å². The lowest BCUT2D eigenvalue weighted by atomic mass is 10.3. The van der Waals surface area contributed by atoms with Gasteiger partial charge in [0.2, 0.25) is 0 Å². The van der Waals surface area contributed by atoms with Gasteiger partial charge in [0.25, 0.3) is 5.56 Å². The predicted octanol–water partition coefficient (Wildman–Crippen LogP) is 1.32. The zero-order chi connectivity index (χ0) is 10.8. The molecule has 0 saturated heterocycles. The summed E-state index contributed by atoms with van der Waals surface area (Å²) >= 11 is 0. The van der Waals surface area contributed by atoms with Gasteiger partial charge in [-0.15, -0.1) is 0 Å². The molecule has 0 unspecified atom stereocenters. The van der Waals surface area contributed by atoms with Gasteiger partial charge in [0, 0.05) is 17.6 Å². The molecule has 0 fully saturated rings. The van der Waals surface area contributed by atoms with Crippen molar-refractivity contribution >= 4 is 11.0 Å². The number of aromatic nitrogens is 3. The predicted molar refractivity (Wildman–Crippen MR) is 54.5 cm³/mol. The van der Waals surface area contributed by atoms with Gasteiger partial charge in [-0.05, 0) is 13.0 Å². The van der Waals surface area contributed by atoms with E-state index >= 15 is 0 Å². The summed E-state index contributed by atoms with van der Waals surface area (Å²) in [7, 11) is 0. The third-order valence-electron chi connectivity index (χ3n) is 2.25. The van der Waals surface area contributed by atoms with Gasteiger partial charge in [-0.2, -0.15) is 0 Å². The maximum atomic E-state index is 12.6. The Morgan fingerprint density at radius 1 is 1.53 bits per heavy atom. The van der Waals surface area contributed by atoms with Crippen molar-refractivity contribution in [2.24, 2.45) is 0 Å². The van der Waals surface area contributed by atoms with E-state index in [4.69, 9.17) is 0 Å². The van der Waals surface area contributed by atoms with Crippen LogP contribution in [0.15, 0.2) is 29.5 Å². The minimum atomic E-state index is -0.594. The highest BCUT2D eigenvalue weighted by Gasteiger charge is 2.10. The van der Waals surface area contributed by atoms with E-state index in [0.717, 1.165) is 5.39 Å². The van der Waals surface area contributed by atoms with Crippen LogP contribution < -0.4 is 5.56 Å². The average Bonchev–Trinajstić information content (AvgIpc) is 2.28. The first-order valence-electron chi connectivity index (χ1n) is 4.61. The van der Waals surface area contributed by atoms with Gasteiger partial charge in [-0.25, -0.2) is 14.4 Å². The lowest BCUT2D eigenvalue weighted by Crippen LogP contribution is -2.24. The Balaban J connectivity index is 2.80. The number of alkyl halides is 1. The molecule has 1 atom stereocenters. The Kier molecular flexibility index (Phi) is 2.45. The zero-order valence-electron chi connectivity index (χ0n) is 8.22. The second-order valence-corrected chi connectivity index (χ2v) is 3.35. The molecule has 78 valence electrons. The molecule has 15 heavy (non-hydrogen) atoms. The first kappa shape index (κ1) is 9.76. The van der Waals surface area contributed by atoms with Crippen LogP contribution in [-0.2, 0) is 0 Å². The number of pyridine rings is 1. The third kappa shape index (κ3) is 1.60. The van der Waals surface area contributed by atoms with Crippen molar-refractivity contribution in [3.63, 3.8) is 0 Å². The largest absolute Gasteiger partial charge is 0.287 e. The second-order valence-electron chi connectivity index (χ2n) is 3.35. The van der Waals surface area contributed by atoms with E-state index in [-0.39, 0.29) is 5.56 Å². The first-order chi connectivity index (χ1) is 7.24. The Bertz CT molecular complexity index is 537. The molecule has 0 radical (unpaired) electrons. The fourth-order valence-electron chi connectivity index (χ4n) is 1.49. The quantitative estimate of drug-likeness (QED) is 0.746. The van der Waals surface area contributed by atoms with Crippen LogP contribution in [0.25, 0.3) is 11.0 Å². The monoisotopic (exact) mass is 207 g/mol. The molecular formula is C10H10FN3O. The van der Waals surface area contributed by atoms with Crippen LogP contribution >= 0.6 is 0 Å². The molecule has 2 rings (SSSR count). The fraction of sp³-hybridized carbons (Fsp3) is 0.300. The summed E-state index contributed by atoms with van der Waals surface area (Å²) in [6, 6.07) is 2.54. The lowest BCUT2D eigenvalue weighted by Gasteiger charge is -2.12. The van der Waals surface area contributed by atoms with Crippen molar-refractivity contribution in [3.05, 3.63) is 35.0 Å². The Morgan fingerprint density at radius 3 is 3.07 bits per heavy atom. The van der Waals surface area contributed by atoms with Crippen LogP contribution in [0, 0.1) is 0 Å². The van der Waals surface area contributed by atoms with Gasteiger partial charge < -0.3 is 0 Å². The molecule has 2 heterocycles. The summed E-state index contributed by atoms with van der Waals surface area (Å²) < 4.78 is 13.9. The van der Waals surface area contributed by atoms with Gasteiger partial charge >= 0.3 is 0 Å². The molecule has 0 aliphatic heterocycles. The summed E-state index contributed by atoms with van der Waals surface area (Å²) in [4.78, 5) is 19.4. The summed E-state index contributed by atoms with van der Waals surface area (Å²) in [5, 5.41) is 0.734. The van der Waals surface area contributed by atoms with Crippen LogP contribution in [0.5, 0.6) is 0 Å². The highest BCUT2D eigenvalue weighted by atomic mass is 19.1. The molecule has 0 saturated carbocycles. The van der Waals surface area contributed by atoms with Crippen LogP contribution in [0.2, 0.25) is 0 Å². The van der Waals surface area contributed by atoms with Crippen LogP contribution in [-0.4, -0.2) is 21.2 Å². The Hall–Kier alpha value is -1.78. The lowest BCUT2D eigenvalue weighted by molar-refractivity contribution is 0.377. The molecule has 0 bridgehead atoms. The van der Waals surface area contributed by atoms with Gasteiger partial charge in [-0.1, -0.05) is 0 Å².